The van der Waals surface area contributed by atoms with Crippen LogP contribution in [0.25, 0.3) is 0 Å². The summed E-state index contributed by atoms with van der Waals surface area (Å²) in [7, 11) is 0. The number of carbonyl (C=O) groups is 1. The first-order valence-corrected chi connectivity index (χ1v) is 15.2. The van der Waals surface area contributed by atoms with E-state index in [0.717, 1.165) is 0 Å². The second kappa shape index (κ2) is 19.3. The molecule has 0 saturated heterocycles. The predicted octanol–water partition coefficient (Wildman–Crippen LogP) is 7.61. The third-order valence-electron chi connectivity index (χ3n) is 6.79. The summed E-state index contributed by atoms with van der Waals surface area (Å²) >= 11 is 0. The van der Waals surface area contributed by atoms with Gasteiger partial charge in [0.15, 0.2) is 0 Å². The van der Waals surface area contributed by atoms with E-state index in [0.29, 0.717) is 60.9 Å². The summed E-state index contributed by atoms with van der Waals surface area (Å²) < 4.78 is 58.5. The van der Waals surface area contributed by atoms with E-state index in [2.05, 4.69) is 4.74 Å². The van der Waals surface area contributed by atoms with E-state index in [-0.39, 0.29) is 30.8 Å². The minimum absolute atomic E-state index is 0.0233. The molecule has 2 aromatic carbocycles. The quantitative estimate of drug-likeness (QED) is 0.0646. The minimum Gasteiger partial charge on any atom is -0.457 e. The normalized spacial score (nSPS) is 14.4. The summed E-state index contributed by atoms with van der Waals surface area (Å²) in [4.78, 5) is 20.3. The molecule has 0 heterocycles. The van der Waals surface area contributed by atoms with Crippen molar-refractivity contribution in [3.8, 4) is 5.75 Å². The maximum absolute atomic E-state index is 13.5. The SMILES string of the molecule is CCOC(C)CN(C=Nc1cc(C(C)OCC)c(C(=O)OCc2ccc(OC(F)F)cc2)cc1C(C)OCC)C(C)OCC. The van der Waals surface area contributed by atoms with Gasteiger partial charge in [0.2, 0.25) is 0 Å². The van der Waals surface area contributed by atoms with Crippen molar-refractivity contribution < 1.29 is 42.0 Å². The van der Waals surface area contributed by atoms with Crippen molar-refractivity contribution in [3.05, 3.63) is 58.7 Å². The Bertz CT molecular complexity index is 1160. The Labute approximate surface area is 260 Å². The second-order valence-corrected chi connectivity index (χ2v) is 10.1. The molecule has 9 nitrogen and oxygen atoms in total. The third kappa shape index (κ3) is 11.8. The summed E-state index contributed by atoms with van der Waals surface area (Å²) in [5, 5.41) is 0. The van der Waals surface area contributed by atoms with Gasteiger partial charge in [0, 0.05) is 38.5 Å². The lowest BCUT2D eigenvalue weighted by Gasteiger charge is -2.29. The Morgan fingerprint density at radius 2 is 1.43 bits per heavy atom. The van der Waals surface area contributed by atoms with Gasteiger partial charge in [-0.2, -0.15) is 8.78 Å². The van der Waals surface area contributed by atoms with E-state index in [9.17, 15) is 13.6 Å². The molecular weight excluding hydrogens is 574 g/mol. The minimum atomic E-state index is -2.92. The van der Waals surface area contributed by atoms with Crippen LogP contribution in [0.5, 0.6) is 5.75 Å². The standard InChI is InChI=1S/C33H48F2N2O7/c1-9-39-22(5)19-37(25(8)42-12-4)21-36-31-18-28(23(6)40-10-2)30(17-29(31)24(7)41-11-3)32(38)43-20-26-13-15-27(16-14-26)44-33(34)35/h13-18,21-25,33H,9-12,19-20H2,1-8H3. The van der Waals surface area contributed by atoms with Gasteiger partial charge in [0.05, 0.1) is 35.9 Å². The molecular formula is C33H48F2N2O7. The van der Waals surface area contributed by atoms with Crippen LogP contribution in [-0.2, 0) is 30.3 Å². The maximum atomic E-state index is 13.5. The van der Waals surface area contributed by atoms with Crippen LogP contribution in [0.4, 0.5) is 14.5 Å². The third-order valence-corrected chi connectivity index (χ3v) is 6.79. The Balaban J connectivity index is 2.49. The van der Waals surface area contributed by atoms with Crippen LogP contribution in [0.1, 0.15) is 94.6 Å². The largest absolute Gasteiger partial charge is 0.457 e. The number of aliphatic imine (C=N–C) groups is 1. The molecule has 2 aromatic rings. The van der Waals surface area contributed by atoms with Crippen LogP contribution in [0.2, 0.25) is 0 Å². The van der Waals surface area contributed by atoms with Gasteiger partial charge in [-0.05, 0) is 90.8 Å². The molecule has 246 valence electrons. The summed E-state index contributed by atoms with van der Waals surface area (Å²) in [6.07, 6.45) is 0.635. The summed E-state index contributed by atoms with van der Waals surface area (Å²) in [5.41, 5.74) is 2.89. The van der Waals surface area contributed by atoms with Gasteiger partial charge in [0.1, 0.15) is 18.6 Å². The van der Waals surface area contributed by atoms with E-state index >= 15 is 0 Å². The lowest BCUT2D eigenvalue weighted by molar-refractivity contribution is -0.0498. The van der Waals surface area contributed by atoms with Gasteiger partial charge in [0.25, 0.3) is 0 Å². The number of hydrogen-bond acceptors (Lipinski definition) is 8. The van der Waals surface area contributed by atoms with Crippen molar-refractivity contribution >= 4 is 18.0 Å². The van der Waals surface area contributed by atoms with Gasteiger partial charge in [-0.3, -0.25) is 0 Å². The van der Waals surface area contributed by atoms with Gasteiger partial charge < -0.3 is 33.3 Å². The summed E-state index contributed by atoms with van der Waals surface area (Å²) in [6, 6.07) is 9.52. The highest BCUT2D eigenvalue weighted by Gasteiger charge is 2.24. The first-order chi connectivity index (χ1) is 21.0. The van der Waals surface area contributed by atoms with Gasteiger partial charge in [-0.25, -0.2) is 9.79 Å². The molecule has 0 aliphatic rings. The Kier molecular flexibility index (Phi) is 16.3. The van der Waals surface area contributed by atoms with Crippen molar-refractivity contribution in [1.82, 2.24) is 4.90 Å². The molecule has 0 amide bonds. The number of halogens is 2. The molecule has 0 N–H and O–H groups in total. The number of esters is 1. The van der Waals surface area contributed by atoms with E-state index < -0.39 is 18.7 Å². The molecule has 0 aromatic heterocycles. The monoisotopic (exact) mass is 622 g/mol. The summed E-state index contributed by atoms with van der Waals surface area (Å²) in [6.45, 7) is 15.0. The lowest BCUT2D eigenvalue weighted by atomic mass is 9.96. The number of ether oxygens (including phenoxy) is 6. The topological polar surface area (TPSA) is 88.1 Å². The average Bonchev–Trinajstić information content (AvgIpc) is 2.98. The van der Waals surface area contributed by atoms with Crippen LogP contribution in [0.15, 0.2) is 41.4 Å². The second-order valence-electron chi connectivity index (χ2n) is 10.1. The van der Waals surface area contributed by atoms with Crippen LogP contribution in [-0.4, -0.2) is 69.1 Å². The van der Waals surface area contributed by atoms with Gasteiger partial charge in [-0.1, -0.05) is 12.1 Å². The molecule has 0 aliphatic carbocycles. The van der Waals surface area contributed by atoms with E-state index in [1.54, 1.807) is 24.5 Å². The Morgan fingerprint density at radius 1 is 0.841 bits per heavy atom. The van der Waals surface area contributed by atoms with Gasteiger partial charge >= 0.3 is 12.6 Å². The van der Waals surface area contributed by atoms with Gasteiger partial charge in [-0.15, -0.1) is 0 Å². The highest BCUT2D eigenvalue weighted by atomic mass is 19.3. The van der Waals surface area contributed by atoms with E-state index in [1.807, 2.05) is 66.4 Å². The lowest BCUT2D eigenvalue weighted by Crippen LogP contribution is -2.39. The fourth-order valence-electron chi connectivity index (χ4n) is 4.64. The number of rotatable bonds is 20. The number of hydrogen-bond donors (Lipinski definition) is 0. The first-order valence-electron chi connectivity index (χ1n) is 15.2. The zero-order chi connectivity index (χ0) is 32.6. The number of nitrogens with zero attached hydrogens (tertiary/aromatic N) is 2. The predicted molar refractivity (Wildman–Crippen MR) is 166 cm³/mol. The van der Waals surface area contributed by atoms with Crippen molar-refractivity contribution in [2.24, 2.45) is 4.99 Å². The number of benzene rings is 2. The Morgan fingerprint density at radius 3 is 2.00 bits per heavy atom. The highest BCUT2D eigenvalue weighted by Crippen LogP contribution is 2.35. The smallest absolute Gasteiger partial charge is 0.387 e. The molecule has 0 radical (unpaired) electrons. The van der Waals surface area contributed by atoms with Crippen molar-refractivity contribution in [3.63, 3.8) is 0 Å². The maximum Gasteiger partial charge on any atom is 0.387 e. The molecule has 4 atom stereocenters. The molecule has 2 rings (SSSR count). The molecule has 0 bridgehead atoms. The van der Waals surface area contributed by atoms with Crippen LogP contribution in [0, 0.1) is 0 Å². The van der Waals surface area contributed by atoms with Crippen molar-refractivity contribution in [2.45, 2.75) is 93.1 Å². The molecule has 4 unspecified atom stereocenters. The van der Waals surface area contributed by atoms with E-state index in [4.69, 9.17) is 28.7 Å². The first kappa shape index (κ1) is 37.1. The van der Waals surface area contributed by atoms with Crippen molar-refractivity contribution in [1.29, 1.82) is 0 Å². The van der Waals surface area contributed by atoms with Crippen LogP contribution >= 0.6 is 0 Å². The molecule has 44 heavy (non-hydrogen) atoms. The fourth-order valence-corrected chi connectivity index (χ4v) is 4.64. The highest BCUT2D eigenvalue weighted by molar-refractivity contribution is 5.92. The van der Waals surface area contributed by atoms with Crippen LogP contribution in [0.3, 0.4) is 0 Å². The average molecular weight is 623 g/mol. The zero-order valence-corrected chi connectivity index (χ0v) is 27.2. The van der Waals surface area contributed by atoms with E-state index in [1.165, 1.54) is 12.1 Å². The number of alkyl halides is 2. The molecule has 0 fully saturated rings. The Hall–Kier alpha value is -3.12. The molecule has 0 aliphatic heterocycles. The van der Waals surface area contributed by atoms with Crippen LogP contribution < -0.4 is 4.74 Å². The fraction of sp³-hybridized carbons (Fsp3) is 0.576. The summed E-state index contributed by atoms with van der Waals surface area (Å²) in [5.74, 6) is -0.535. The molecule has 0 saturated carbocycles. The zero-order valence-electron chi connectivity index (χ0n) is 27.2. The van der Waals surface area contributed by atoms with Crippen molar-refractivity contribution in [2.75, 3.05) is 33.0 Å². The molecule has 11 heteroatoms. The molecule has 0 spiro atoms. The number of carbonyl (C=O) groups excluding carboxylic acids is 1.